The summed E-state index contributed by atoms with van der Waals surface area (Å²) < 4.78 is 4.96. The molecule has 0 aliphatic carbocycles. The second kappa shape index (κ2) is 9.53. The fourth-order valence-electron chi connectivity index (χ4n) is 3.27. The highest BCUT2D eigenvalue weighted by atomic mass is 35.5. The molecular formula is C22H23ClN2O3. The molecule has 0 aromatic heterocycles. The smallest absolute Gasteiger partial charge is 0.254 e. The number of hydrogen-bond donors (Lipinski definition) is 1. The van der Waals surface area contributed by atoms with Gasteiger partial charge in [-0.3, -0.25) is 9.59 Å². The topological polar surface area (TPSA) is 58.6 Å². The van der Waals surface area contributed by atoms with Crippen LogP contribution in [0.5, 0.6) is 0 Å². The molecule has 1 aliphatic heterocycles. The first-order valence-electron chi connectivity index (χ1n) is 9.15. The number of carbonyl (C=O) groups is 2. The molecule has 6 heteroatoms. The second-order valence-electron chi connectivity index (χ2n) is 6.65. The summed E-state index contributed by atoms with van der Waals surface area (Å²) in [6.07, 6.45) is 0.441. The summed E-state index contributed by atoms with van der Waals surface area (Å²) in [5, 5.41) is 2.81. The van der Waals surface area contributed by atoms with Gasteiger partial charge in [0.2, 0.25) is 5.91 Å². The first kappa shape index (κ1) is 20.1. The molecule has 0 saturated carbocycles. The molecule has 1 fully saturated rings. The van der Waals surface area contributed by atoms with Crippen molar-refractivity contribution in [2.45, 2.75) is 12.5 Å². The first-order valence-corrected chi connectivity index (χ1v) is 9.59. The molecule has 0 bridgehead atoms. The van der Waals surface area contributed by atoms with Gasteiger partial charge in [-0.15, -0.1) is 0 Å². The van der Waals surface area contributed by atoms with E-state index in [0.717, 1.165) is 16.7 Å². The van der Waals surface area contributed by atoms with Crippen molar-refractivity contribution in [1.29, 1.82) is 0 Å². The number of halogens is 1. The van der Waals surface area contributed by atoms with Gasteiger partial charge in [0, 0.05) is 37.7 Å². The van der Waals surface area contributed by atoms with E-state index < -0.39 is 6.04 Å². The Morgan fingerprint density at radius 1 is 1.14 bits per heavy atom. The van der Waals surface area contributed by atoms with Crippen LogP contribution in [-0.2, 0) is 9.53 Å². The van der Waals surface area contributed by atoms with Crippen LogP contribution in [0.1, 0.15) is 16.8 Å². The fourth-order valence-corrected chi connectivity index (χ4v) is 3.43. The quantitative estimate of drug-likeness (QED) is 0.758. The van der Waals surface area contributed by atoms with Crippen LogP contribution < -0.4 is 5.32 Å². The summed E-state index contributed by atoms with van der Waals surface area (Å²) in [4.78, 5) is 27.2. The van der Waals surface area contributed by atoms with Gasteiger partial charge in [-0.2, -0.15) is 0 Å². The molecule has 0 radical (unpaired) electrons. The molecule has 2 aromatic carbocycles. The number of hydrogen-bond acceptors (Lipinski definition) is 3. The third kappa shape index (κ3) is 4.61. The largest absolute Gasteiger partial charge is 0.383 e. The van der Waals surface area contributed by atoms with Gasteiger partial charge in [-0.05, 0) is 28.8 Å². The van der Waals surface area contributed by atoms with Crippen LogP contribution >= 0.6 is 11.6 Å². The molecule has 5 nitrogen and oxygen atoms in total. The minimum absolute atomic E-state index is 0.181. The second-order valence-corrected chi connectivity index (χ2v) is 6.87. The van der Waals surface area contributed by atoms with Crippen molar-refractivity contribution < 1.29 is 14.3 Å². The average molecular weight is 399 g/mol. The molecule has 1 N–H and O–H groups in total. The van der Waals surface area contributed by atoms with Crippen LogP contribution in [0.15, 0.2) is 65.7 Å². The van der Waals surface area contributed by atoms with E-state index in [0.29, 0.717) is 31.7 Å². The molecule has 1 unspecified atom stereocenters. The van der Waals surface area contributed by atoms with Crippen molar-refractivity contribution >= 4 is 23.4 Å². The highest BCUT2D eigenvalue weighted by molar-refractivity contribution is 6.25. The lowest BCUT2D eigenvalue weighted by Crippen LogP contribution is -2.46. The van der Waals surface area contributed by atoms with Crippen LogP contribution in [0.4, 0.5) is 0 Å². The molecule has 3 rings (SSSR count). The lowest BCUT2D eigenvalue weighted by molar-refractivity contribution is -0.125. The SMILES string of the molecule is COCCNC(=O)C1CC(=CCl)CN1C(=O)c1ccc(-c2ccccc2)cc1. The Morgan fingerprint density at radius 2 is 1.82 bits per heavy atom. The van der Waals surface area contributed by atoms with E-state index in [1.54, 1.807) is 24.1 Å². The van der Waals surface area contributed by atoms with Gasteiger partial charge in [0.15, 0.2) is 0 Å². The van der Waals surface area contributed by atoms with Crippen molar-refractivity contribution in [3.63, 3.8) is 0 Å². The van der Waals surface area contributed by atoms with E-state index in [-0.39, 0.29) is 11.8 Å². The molecule has 1 saturated heterocycles. The van der Waals surface area contributed by atoms with Crippen molar-refractivity contribution in [3.8, 4) is 11.1 Å². The number of likely N-dealkylation sites (tertiary alicyclic amines) is 1. The summed E-state index contributed by atoms with van der Waals surface area (Å²) in [7, 11) is 1.57. The van der Waals surface area contributed by atoms with Crippen molar-refractivity contribution in [2.75, 3.05) is 26.8 Å². The van der Waals surface area contributed by atoms with E-state index in [1.807, 2.05) is 42.5 Å². The number of amides is 2. The number of ether oxygens (including phenoxy) is 1. The summed E-state index contributed by atoms with van der Waals surface area (Å²) in [6, 6.07) is 16.8. The standard InChI is InChI=1S/C22H23ClN2O3/c1-28-12-11-24-21(26)20-13-16(14-23)15-25(20)22(27)19-9-7-18(8-10-19)17-5-3-2-4-6-17/h2-10,14,20H,11-13,15H2,1H3,(H,24,26). The monoisotopic (exact) mass is 398 g/mol. The lowest BCUT2D eigenvalue weighted by atomic mass is 10.0. The Labute approximate surface area is 169 Å². The zero-order valence-corrected chi connectivity index (χ0v) is 16.5. The van der Waals surface area contributed by atoms with Gasteiger partial charge in [-0.1, -0.05) is 54.1 Å². The number of carbonyl (C=O) groups excluding carboxylic acids is 2. The molecule has 1 atom stereocenters. The number of nitrogens with zero attached hydrogens (tertiary/aromatic N) is 1. The minimum Gasteiger partial charge on any atom is -0.383 e. The van der Waals surface area contributed by atoms with Crippen molar-refractivity contribution in [1.82, 2.24) is 10.2 Å². The van der Waals surface area contributed by atoms with Crippen LogP contribution in [0.2, 0.25) is 0 Å². The number of nitrogens with one attached hydrogen (secondary N) is 1. The van der Waals surface area contributed by atoms with E-state index in [9.17, 15) is 9.59 Å². The zero-order valence-electron chi connectivity index (χ0n) is 15.7. The Hall–Kier alpha value is -2.63. The van der Waals surface area contributed by atoms with E-state index in [1.165, 1.54) is 5.54 Å². The van der Waals surface area contributed by atoms with Gasteiger partial charge in [0.05, 0.1) is 6.61 Å². The number of benzene rings is 2. The van der Waals surface area contributed by atoms with Crippen molar-refractivity contribution in [3.05, 3.63) is 71.3 Å². The maximum atomic E-state index is 13.1. The molecule has 1 heterocycles. The number of rotatable bonds is 6. The highest BCUT2D eigenvalue weighted by Gasteiger charge is 2.36. The van der Waals surface area contributed by atoms with Crippen LogP contribution in [0.25, 0.3) is 11.1 Å². The summed E-state index contributed by atoms with van der Waals surface area (Å²) in [5.74, 6) is -0.375. The lowest BCUT2D eigenvalue weighted by Gasteiger charge is -2.23. The molecule has 2 amide bonds. The Bertz CT molecular complexity index is 850. The van der Waals surface area contributed by atoms with Gasteiger partial charge in [-0.25, -0.2) is 0 Å². The van der Waals surface area contributed by atoms with E-state index in [4.69, 9.17) is 16.3 Å². The van der Waals surface area contributed by atoms with E-state index in [2.05, 4.69) is 5.32 Å². The summed E-state index contributed by atoms with van der Waals surface area (Å²) in [5.41, 5.74) is 4.99. The molecule has 146 valence electrons. The predicted octanol–water partition coefficient (Wildman–Crippen LogP) is 3.45. The maximum absolute atomic E-state index is 13.1. The van der Waals surface area contributed by atoms with Crippen LogP contribution in [0.3, 0.4) is 0 Å². The Morgan fingerprint density at radius 3 is 2.46 bits per heavy atom. The molecule has 1 aliphatic rings. The van der Waals surface area contributed by atoms with Crippen molar-refractivity contribution in [2.24, 2.45) is 0 Å². The first-order chi connectivity index (χ1) is 13.6. The van der Waals surface area contributed by atoms with Crippen LogP contribution in [-0.4, -0.2) is 49.6 Å². The Kier molecular flexibility index (Phi) is 6.85. The average Bonchev–Trinajstić information content (AvgIpc) is 3.19. The predicted molar refractivity (Wildman–Crippen MR) is 110 cm³/mol. The van der Waals surface area contributed by atoms with E-state index >= 15 is 0 Å². The molecular weight excluding hydrogens is 376 g/mol. The van der Waals surface area contributed by atoms with Gasteiger partial charge >= 0.3 is 0 Å². The Balaban J connectivity index is 1.76. The van der Waals surface area contributed by atoms with Gasteiger partial charge in [0.1, 0.15) is 6.04 Å². The maximum Gasteiger partial charge on any atom is 0.254 e. The van der Waals surface area contributed by atoms with Crippen LogP contribution in [0, 0.1) is 0 Å². The van der Waals surface area contributed by atoms with Gasteiger partial charge < -0.3 is 15.0 Å². The zero-order chi connectivity index (χ0) is 19.9. The normalized spacial score (nSPS) is 17.7. The molecule has 2 aromatic rings. The summed E-state index contributed by atoms with van der Waals surface area (Å²) >= 11 is 5.86. The third-order valence-corrected chi connectivity index (χ3v) is 5.08. The third-order valence-electron chi connectivity index (χ3n) is 4.77. The highest BCUT2D eigenvalue weighted by Crippen LogP contribution is 2.26. The van der Waals surface area contributed by atoms with Gasteiger partial charge in [0.25, 0.3) is 5.91 Å². The summed E-state index contributed by atoms with van der Waals surface area (Å²) in [6.45, 7) is 1.18. The fraction of sp³-hybridized carbons (Fsp3) is 0.273. The number of methoxy groups -OCH3 is 1. The minimum atomic E-state index is -0.567. The molecule has 0 spiro atoms. The molecule has 28 heavy (non-hydrogen) atoms.